The van der Waals surface area contributed by atoms with Crippen LogP contribution in [-0.2, 0) is 4.79 Å². The minimum atomic E-state index is -0.686. The molecule has 0 spiro atoms. The average Bonchev–Trinajstić information content (AvgIpc) is 3.02. The maximum absolute atomic E-state index is 11.3. The number of hydrogen-bond donors (Lipinski definition) is 2. The number of rotatable bonds is 8. The molecule has 88 valence electrons. The van der Waals surface area contributed by atoms with E-state index in [9.17, 15) is 9.90 Å². The molecule has 1 atom stereocenters. The van der Waals surface area contributed by atoms with Gasteiger partial charge in [0.25, 0.3) is 0 Å². The van der Waals surface area contributed by atoms with Crippen LogP contribution in [0.1, 0.15) is 32.6 Å². The largest absolute Gasteiger partial charge is 0.481 e. The lowest BCUT2D eigenvalue weighted by Gasteiger charge is -2.27. The summed E-state index contributed by atoms with van der Waals surface area (Å²) in [5.41, 5.74) is 5.06. The summed E-state index contributed by atoms with van der Waals surface area (Å²) < 4.78 is 0. The average molecular weight is 231 g/mol. The van der Waals surface area contributed by atoms with E-state index < -0.39 is 11.4 Å². The van der Waals surface area contributed by atoms with E-state index in [1.54, 1.807) is 0 Å². The zero-order chi connectivity index (χ0) is 11.3. The highest BCUT2D eigenvalue weighted by Gasteiger charge is 2.49. The quantitative estimate of drug-likeness (QED) is 0.627. The molecule has 1 saturated carbocycles. The highest BCUT2D eigenvalue weighted by atomic mass is 32.2. The normalized spacial score (nSPS) is 19.9. The van der Waals surface area contributed by atoms with Gasteiger partial charge >= 0.3 is 5.97 Å². The topological polar surface area (TPSA) is 63.3 Å². The van der Waals surface area contributed by atoms with Crippen molar-refractivity contribution < 1.29 is 9.90 Å². The first kappa shape index (κ1) is 12.8. The van der Waals surface area contributed by atoms with Gasteiger partial charge in [0.05, 0.1) is 5.41 Å². The lowest BCUT2D eigenvalue weighted by atomic mass is 9.78. The van der Waals surface area contributed by atoms with Crippen LogP contribution in [0.4, 0.5) is 0 Å². The van der Waals surface area contributed by atoms with Gasteiger partial charge in [0.15, 0.2) is 0 Å². The van der Waals surface area contributed by atoms with Gasteiger partial charge in [-0.15, -0.1) is 0 Å². The van der Waals surface area contributed by atoms with Gasteiger partial charge < -0.3 is 10.8 Å². The van der Waals surface area contributed by atoms with Gasteiger partial charge in [-0.05, 0) is 43.1 Å². The smallest absolute Gasteiger partial charge is 0.311 e. The maximum Gasteiger partial charge on any atom is 0.311 e. The van der Waals surface area contributed by atoms with Gasteiger partial charge in [0.1, 0.15) is 0 Å². The van der Waals surface area contributed by atoms with Crippen LogP contribution in [0.5, 0.6) is 0 Å². The summed E-state index contributed by atoms with van der Waals surface area (Å²) >= 11 is 1.87. The van der Waals surface area contributed by atoms with Crippen molar-refractivity contribution in [3.05, 3.63) is 0 Å². The molecule has 4 heteroatoms. The van der Waals surface area contributed by atoms with E-state index in [0.29, 0.717) is 12.5 Å². The third kappa shape index (κ3) is 3.11. The van der Waals surface area contributed by atoms with Crippen LogP contribution in [0.15, 0.2) is 0 Å². The van der Waals surface area contributed by atoms with Crippen LogP contribution >= 0.6 is 11.8 Å². The van der Waals surface area contributed by atoms with Crippen molar-refractivity contribution in [2.24, 2.45) is 17.1 Å². The fourth-order valence-corrected chi connectivity index (χ4v) is 2.75. The molecule has 0 heterocycles. The van der Waals surface area contributed by atoms with Crippen molar-refractivity contribution in [3.8, 4) is 0 Å². The standard InChI is InChI=1S/C11H21NO2S/c1-2-15-7-3-6-11(8-12,10(13)14)9-4-5-9/h9H,2-8,12H2,1H3,(H,13,14). The molecule has 0 saturated heterocycles. The van der Waals surface area contributed by atoms with Gasteiger partial charge in [-0.25, -0.2) is 0 Å². The number of carboxylic acids is 1. The molecule has 1 fully saturated rings. The second kappa shape index (κ2) is 5.75. The van der Waals surface area contributed by atoms with Crippen molar-refractivity contribution in [1.82, 2.24) is 0 Å². The fourth-order valence-electron chi connectivity index (χ4n) is 2.11. The molecule has 0 radical (unpaired) electrons. The van der Waals surface area contributed by atoms with Crippen LogP contribution in [0.2, 0.25) is 0 Å². The molecule has 0 aromatic carbocycles. The maximum atomic E-state index is 11.3. The van der Waals surface area contributed by atoms with Crippen molar-refractivity contribution in [2.75, 3.05) is 18.1 Å². The zero-order valence-corrected chi connectivity index (χ0v) is 10.2. The number of thioether (sulfide) groups is 1. The number of carboxylic acid groups (broad SMARTS) is 1. The molecule has 1 aliphatic carbocycles. The Hall–Kier alpha value is -0.220. The number of carbonyl (C=O) groups is 1. The highest BCUT2D eigenvalue weighted by Crippen LogP contribution is 2.48. The molecule has 1 aliphatic rings. The molecule has 0 aromatic rings. The Morgan fingerprint density at radius 1 is 1.60 bits per heavy atom. The molecule has 0 aromatic heterocycles. The zero-order valence-electron chi connectivity index (χ0n) is 9.37. The summed E-state index contributed by atoms with van der Waals surface area (Å²) in [5.74, 6) is 1.81. The monoisotopic (exact) mass is 231 g/mol. The van der Waals surface area contributed by atoms with E-state index >= 15 is 0 Å². The Balaban J connectivity index is 2.44. The minimum Gasteiger partial charge on any atom is -0.481 e. The third-order valence-corrected chi connectivity index (χ3v) is 4.25. The van der Waals surface area contributed by atoms with Crippen molar-refractivity contribution in [2.45, 2.75) is 32.6 Å². The van der Waals surface area contributed by atoms with Gasteiger partial charge in [0, 0.05) is 6.54 Å². The van der Waals surface area contributed by atoms with Crippen LogP contribution in [-0.4, -0.2) is 29.1 Å². The highest BCUT2D eigenvalue weighted by molar-refractivity contribution is 7.99. The lowest BCUT2D eigenvalue weighted by molar-refractivity contribution is -0.150. The second-order valence-electron chi connectivity index (χ2n) is 4.24. The van der Waals surface area contributed by atoms with Gasteiger partial charge in [0.2, 0.25) is 0 Å². The van der Waals surface area contributed by atoms with E-state index in [-0.39, 0.29) is 0 Å². The van der Waals surface area contributed by atoms with Crippen LogP contribution in [0.25, 0.3) is 0 Å². The van der Waals surface area contributed by atoms with E-state index in [0.717, 1.165) is 37.2 Å². The van der Waals surface area contributed by atoms with Crippen molar-refractivity contribution >= 4 is 17.7 Å². The predicted molar refractivity (Wildman–Crippen MR) is 64.1 cm³/mol. The first-order valence-corrected chi connectivity index (χ1v) is 6.84. The molecular weight excluding hydrogens is 210 g/mol. The summed E-state index contributed by atoms with van der Waals surface area (Å²) in [4.78, 5) is 11.3. The molecule has 15 heavy (non-hydrogen) atoms. The van der Waals surface area contributed by atoms with Gasteiger partial charge in [-0.2, -0.15) is 11.8 Å². The molecule has 0 amide bonds. The molecular formula is C11H21NO2S. The van der Waals surface area contributed by atoms with Gasteiger partial charge in [-0.1, -0.05) is 6.92 Å². The summed E-state index contributed by atoms with van der Waals surface area (Å²) in [5, 5.41) is 9.30. The molecule has 3 nitrogen and oxygen atoms in total. The molecule has 0 bridgehead atoms. The van der Waals surface area contributed by atoms with Gasteiger partial charge in [-0.3, -0.25) is 4.79 Å². The first-order valence-electron chi connectivity index (χ1n) is 5.68. The van der Waals surface area contributed by atoms with E-state index in [1.165, 1.54) is 0 Å². The van der Waals surface area contributed by atoms with E-state index in [1.807, 2.05) is 11.8 Å². The van der Waals surface area contributed by atoms with Crippen LogP contribution < -0.4 is 5.73 Å². The Bertz CT molecular complexity index is 219. The number of aliphatic carboxylic acids is 1. The Morgan fingerprint density at radius 3 is 2.67 bits per heavy atom. The lowest BCUT2D eigenvalue weighted by Crippen LogP contribution is -2.40. The Kier molecular flexibility index (Phi) is 4.93. The fraction of sp³-hybridized carbons (Fsp3) is 0.909. The summed E-state index contributed by atoms with van der Waals surface area (Å²) in [7, 11) is 0. The third-order valence-electron chi connectivity index (χ3n) is 3.26. The number of hydrogen-bond acceptors (Lipinski definition) is 3. The van der Waals surface area contributed by atoms with Crippen LogP contribution in [0.3, 0.4) is 0 Å². The molecule has 1 unspecified atom stereocenters. The Morgan fingerprint density at radius 2 is 2.27 bits per heavy atom. The van der Waals surface area contributed by atoms with Crippen LogP contribution in [0, 0.1) is 11.3 Å². The second-order valence-corrected chi connectivity index (χ2v) is 5.63. The predicted octanol–water partition coefficient (Wildman–Crippen LogP) is 1.96. The SMILES string of the molecule is CCSCCCC(CN)(C(=O)O)C1CC1. The summed E-state index contributed by atoms with van der Waals surface area (Å²) in [6, 6.07) is 0. The molecule has 3 N–H and O–H groups in total. The van der Waals surface area contributed by atoms with E-state index in [4.69, 9.17) is 5.73 Å². The van der Waals surface area contributed by atoms with E-state index in [2.05, 4.69) is 6.92 Å². The first-order chi connectivity index (χ1) is 7.17. The Labute approximate surface area is 95.8 Å². The van der Waals surface area contributed by atoms with Crippen molar-refractivity contribution in [1.29, 1.82) is 0 Å². The molecule has 0 aliphatic heterocycles. The van der Waals surface area contributed by atoms with Crippen molar-refractivity contribution in [3.63, 3.8) is 0 Å². The summed E-state index contributed by atoms with van der Waals surface area (Å²) in [6.45, 7) is 2.42. The summed E-state index contributed by atoms with van der Waals surface area (Å²) in [6.07, 6.45) is 3.81. The minimum absolute atomic E-state index is 0.295. The molecule has 1 rings (SSSR count). The number of nitrogens with two attached hydrogens (primary N) is 1.